The van der Waals surface area contributed by atoms with Crippen LogP contribution in [0.3, 0.4) is 0 Å². The third-order valence-corrected chi connectivity index (χ3v) is 2.80. The summed E-state index contributed by atoms with van der Waals surface area (Å²) in [6.45, 7) is 1.55. The first-order valence-electron chi connectivity index (χ1n) is 5.60. The zero-order valence-electron chi connectivity index (χ0n) is 9.70. The second kappa shape index (κ2) is 5.03. The van der Waals surface area contributed by atoms with Gasteiger partial charge in [0.25, 0.3) is 0 Å². The van der Waals surface area contributed by atoms with Gasteiger partial charge in [0.2, 0.25) is 0 Å². The molecule has 1 aromatic rings. The Labute approximate surface area is 99.4 Å². The highest BCUT2D eigenvalue weighted by Gasteiger charge is 2.18. The van der Waals surface area contributed by atoms with Crippen LogP contribution in [0, 0.1) is 5.82 Å². The Morgan fingerprint density at radius 3 is 2.76 bits per heavy atom. The molecule has 1 heterocycles. The molecule has 4 nitrogen and oxygen atoms in total. The Morgan fingerprint density at radius 1 is 1.41 bits per heavy atom. The van der Waals surface area contributed by atoms with Crippen LogP contribution in [0.25, 0.3) is 0 Å². The lowest BCUT2D eigenvalue weighted by atomic mass is 10.3. The minimum absolute atomic E-state index is 0.160. The minimum atomic E-state index is -0.388. The van der Waals surface area contributed by atoms with Gasteiger partial charge >= 0.3 is 6.03 Å². The summed E-state index contributed by atoms with van der Waals surface area (Å²) in [6.07, 6.45) is 2.07. The largest absolute Gasteiger partial charge is 0.494 e. The van der Waals surface area contributed by atoms with Crippen LogP contribution in [0.15, 0.2) is 18.2 Å². The number of carbonyl (C=O) groups is 1. The van der Waals surface area contributed by atoms with Crippen molar-refractivity contribution in [3.05, 3.63) is 24.0 Å². The van der Waals surface area contributed by atoms with Gasteiger partial charge in [-0.2, -0.15) is 0 Å². The van der Waals surface area contributed by atoms with Gasteiger partial charge in [0.15, 0.2) is 0 Å². The summed E-state index contributed by atoms with van der Waals surface area (Å²) < 4.78 is 18.0. The maximum absolute atomic E-state index is 13.0. The molecular formula is C12H15FN2O2. The monoisotopic (exact) mass is 238 g/mol. The van der Waals surface area contributed by atoms with Crippen molar-refractivity contribution < 1.29 is 13.9 Å². The Kier molecular flexibility index (Phi) is 3.46. The van der Waals surface area contributed by atoms with E-state index >= 15 is 0 Å². The second-order valence-electron chi connectivity index (χ2n) is 3.97. The zero-order chi connectivity index (χ0) is 12.3. The predicted molar refractivity (Wildman–Crippen MR) is 62.8 cm³/mol. The molecule has 2 rings (SSSR count). The molecule has 1 aliphatic heterocycles. The van der Waals surface area contributed by atoms with Crippen molar-refractivity contribution in [1.29, 1.82) is 0 Å². The smallest absolute Gasteiger partial charge is 0.321 e. The molecule has 0 radical (unpaired) electrons. The molecular weight excluding hydrogens is 223 g/mol. The third-order valence-electron chi connectivity index (χ3n) is 2.80. The molecule has 17 heavy (non-hydrogen) atoms. The minimum Gasteiger partial charge on any atom is -0.494 e. The lowest BCUT2D eigenvalue weighted by molar-refractivity contribution is 0.222. The summed E-state index contributed by atoms with van der Waals surface area (Å²) in [5.41, 5.74) is 0.491. The van der Waals surface area contributed by atoms with Crippen LogP contribution < -0.4 is 10.1 Å². The predicted octanol–water partition coefficient (Wildman–Crippen LogP) is 2.46. The number of ether oxygens (including phenoxy) is 1. The van der Waals surface area contributed by atoms with Crippen molar-refractivity contribution in [1.82, 2.24) is 4.90 Å². The van der Waals surface area contributed by atoms with Crippen molar-refractivity contribution in [2.24, 2.45) is 0 Å². The van der Waals surface area contributed by atoms with E-state index in [0.29, 0.717) is 11.4 Å². The fourth-order valence-corrected chi connectivity index (χ4v) is 1.88. The number of methoxy groups -OCH3 is 1. The molecule has 5 heteroatoms. The molecule has 0 atom stereocenters. The number of hydrogen-bond acceptors (Lipinski definition) is 2. The number of rotatable bonds is 2. The number of halogens is 1. The van der Waals surface area contributed by atoms with Gasteiger partial charge in [-0.3, -0.25) is 0 Å². The number of urea groups is 1. The average molecular weight is 238 g/mol. The number of likely N-dealkylation sites (tertiary alicyclic amines) is 1. The lowest BCUT2D eigenvalue weighted by Crippen LogP contribution is -2.32. The van der Waals surface area contributed by atoms with Crippen LogP contribution in [-0.4, -0.2) is 31.1 Å². The van der Waals surface area contributed by atoms with Crippen molar-refractivity contribution in [2.75, 3.05) is 25.5 Å². The number of hydrogen-bond donors (Lipinski definition) is 1. The number of benzene rings is 1. The van der Waals surface area contributed by atoms with Gasteiger partial charge in [0, 0.05) is 19.2 Å². The summed E-state index contributed by atoms with van der Waals surface area (Å²) >= 11 is 0. The maximum Gasteiger partial charge on any atom is 0.321 e. The van der Waals surface area contributed by atoms with Gasteiger partial charge in [-0.05, 0) is 25.0 Å². The first-order valence-corrected chi connectivity index (χ1v) is 5.60. The first-order chi connectivity index (χ1) is 8.20. The number of nitrogens with one attached hydrogen (secondary N) is 1. The van der Waals surface area contributed by atoms with E-state index in [2.05, 4.69) is 5.32 Å². The number of carbonyl (C=O) groups excluding carboxylic acids is 1. The van der Waals surface area contributed by atoms with E-state index in [0.717, 1.165) is 25.9 Å². The van der Waals surface area contributed by atoms with E-state index in [9.17, 15) is 9.18 Å². The summed E-state index contributed by atoms with van der Waals surface area (Å²) in [7, 11) is 1.44. The van der Waals surface area contributed by atoms with Gasteiger partial charge in [-0.25, -0.2) is 9.18 Å². The highest BCUT2D eigenvalue weighted by molar-refractivity contribution is 5.91. The van der Waals surface area contributed by atoms with Gasteiger partial charge in [0.1, 0.15) is 11.6 Å². The summed E-state index contributed by atoms with van der Waals surface area (Å²) in [5, 5.41) is 2.73. The van der Waals surface area contributed by atoms with Gasteiger partial charge in [-0.15, -0.1) is 0 Å². The quantitative estimate of drug-likeness (QED) is 0.859. The van der Waals surface area contributed by atoms with Crippen LogP contribution in [0.2, 0.25) is 0 Å². The van der Waals surface area contributed by atoms with Gasteiger partial charge in [-0.1, -0.05) is 0 Å². The summed E-state index contributed by atoms with van der Waals surface area (Å²) in [6, 6.07) is 3.89. The molecule has 1 N–H and O–H groups in total. The summed E-state index contributed by atoms with van der Waals surface area (Å²) in [4.78, 5) is 13.6. The van der Waals surface area contributed by atoms with Crippen LogP contribution in [0.1, 0.15) is 12.8 Å². The van der Waals surface area contributed by atoms with E-state index in [-0.39, 0.29) is 11.8 Å². The van der Waals surface area contributed by atoms with Crippen molar-refractivity contribution in [3.8, 4) is 5.75 Å². The average Bonchev–Trinajstić information content (AvgIpc) is 2.85. The van der Waals surface area contributed by atoms with Crippen LogP contribution in [0.5, 0.6) is 5.75 Å². The fourth-order valence-electron chi connectivity index (χ4n) is 1.88. The number of amides is 2. The molecule has 0 aliphatic carbocycles. The van der Waals surface area contributed by atoms with E-state index in [1.54, 1.807) is 4.90 Å². The Morgan fingerprint density at radius 2 is 2.12 bits per heavy atom. The standard InChI is InChI=1S/C12H15FN2O2/c1-17-11-8-9(13)4-5-10(11)14-12(16)15-6-2-3-7-15/h4-5,8H,2-3,6-7H2,1H3,(H,14,16). The highest BCUT2D eigenvalue weighted by Crippen LogP contribution is 2.25. The van der Waals surface area contributed by atoms with Gasteiger partial charge < -0.3 is 15.0 Å². The molecule has 2 amide bonds. The fraction of sp³-hybridized carbons (Fsp3) is 0.417. The molecule has 1 fully saturated rings. The molecule has 0 unspecified atom stereocenters. The molecule has 0 saturated carbocycles. The number of nitrogens with zero attached hydrogens (tertiary/aromatic N) is 1. The lowest BCUT2D eigenvalue weighted by Gasteiger charge is -2.17. The Bertz CT molecular complexity index is 417. The molecule has 1 aromatic carbocycles. The molecule has 1 saturated heterocycles. The SMILES string of the molecule is COc1cc(F)ccc1NC(=O)N1CCCC1. The maximum atomic E-state index is 13.0. The normalized spacial score (nSPS) is 14.8. The van der Waals surface area contributed by atoms with Crippen LogP contribution in [-0.2, 0) is 0 Å². The topological polar surface area (TPSA) is 41.6 Å². The van der Waals surface area contributed by atoms with Crippen molar-refractivity contribution in [3.63, 3.8) is 0 Å². The Hall–Kier alpha value is -1.78. The Balaban J connectivity index is 2.09. The van der Waals surface area contributed by atoms with Crippen molar-refractivity contribution >= 4 is 11.7 Å². The molecule has 92 valence electrons. The molecule has 0 spiro atoms. The second-order valence-corrected chi connectivity index (χ2v) is 3.97. The van der Waals surface area contributed by atoms with E-state index in [4.69, 9.17) is 4.74 Å². The summed E-state index contributed by atoms with van der Waals surface area (Å²) in [5.74, 6) is -0.0569. The molecule has 0 aromatic heterocycles. The third kappa shape index (κ3) is 2.67. The van der Waals surface area contributed by atoms with E-state index < -0.39 is 0 Å². The van der Waals surface area contributed by atoms with Crippen molar-refractivity contribution in [2.45, 2.75) is 12.8 Å². The molecule has 1 aliphatic rings. The number of anilines is 1. The van der Waals surface area contributed by atoms with Gasteiger partial charge in [0.05, 0.1) is 12.8 Å². The van der Waals surface area contributed by atoms with E-state index in [1.165, 1.54) is 25.3 Å². The van der Waals surface area contributed by atoms with E-state index in [1.807, 2.05) is 0 Å². The van der Waals surface area contributed by atoms with Crippen LogP contribution in [0.4, 0.5) is 14.9 Å². The van der Waals surface area contributed by atoms with Crippen LogP contribution >= 0.6 is 0 Å². The first kappa shape index (κ1) is 11.7. The zero-order valence-corrected chi connectivity index (χ0v) is 9.70. The highest BCUT2D eigenvalue weighted by atomic mass is 19.1. The molecule has 0 bridgehead atoms.